The van der Waals surface area contributed by atoms with Crippen molar-refractivity contribution < 1.29 is 19.5 Å². The van der Waals surface area contributed by atoms with Gasteiger partial charge >= 0.3 is 0 Å². The van der Waals surface area contributed by atoms with Crippen LogP contribution in [0.2, 0.25) is 0 Å². The zero-order chi connectivity index (χ0) is 26.8. The fourth-order valence-corrected chi connectivity index (χ4v) is 9.26. The van der Waals surface area contributed by atoms with E-state index in [1.165, 1.54) is 0 Å². The van der Waals surface area contributed by atoms with Crippen LogP contribution in [0.25, 0.3) is 0 Å². The molecular formula is C28H45N3O4S. The third-order valence-corrected chi connectivity index (χ3v) is 10.5. The summed E-state index contributed by atoms with van der Waals surface area (Å²) in [5, 5.41) is 10.1. The SMILES string of the molecule is C=CCN(CCC)C(=O)[C@@H]1[C@@H]2CC(C)C3(S2)C(C(=O)N(CC=C)C(C)CCC)N([C@H](C)CO)C(=O)[C@H]13. The van der Waals surface area contributed by atoms with Gasteiger partial charge in [0.1, 0.15) is 6.04 Å². The van der Waals surface area contributed by atoms with Gasteiger partial charge in [-0.05, 0) is 39.0 Å². The van der Waals surface area contributed by atoms with Crippen LogP contribution in [-0.4, -0.2) is 91.9 Å². The van der Waals surface area contributed by atoms with E-state index in [1.54, 1.807) is 35.7 Å². The standard InChI is InChI=1S/C28H45N3O4S/c1-8-12-19(6)30(15-11-4)27(35)24-28-18(5)16-21(36-28)22(25(33)29(13-9-2)14-10-3)23(28)26(34)31(24)20(7)17-32/h9,11,18-24,32H,2,4,8,10,12-17H2,1,3,5-7H3/t18?,19?,20-,21+,22-,23+,24?,28?/m1/s1. The zero-order valence-corrected chi connectivity index (χ0v) is 23.5. The predicted molar refractivity (Wildman–Crippen MR) is 145 cm³/mol. The van der Waals surface area contributed by atoms with E-state index in [-0.39, 0.29) is 41.5 Å². The number of hydrogen-bond acceptors (Lipinski definition) is 5. The molecule has 3 rings (SSSR count). The molecule has 0 aromatic rings. The smallest absolute Gasteiger partial charge is 0.247 e. The Labute approximate surface area is 221 Å². The number of hydrogen-bond donors (Lipinski definition) is 1. The van der Waals surface area contributed by atoms with Gasteiger partial charge in [0, 0.05) is 30.9 Å². The minimum absolute atomic E-state index is 0.00121. The maximum absolute atomic E-state index is 14.4. The molecule has 0 radical (unpaired) electrons. The number of amides is 3. The first-order valence-electron chi connectivity index (χ1n) is 13.6. The molecule has 0 saturated carbocycles. The lowest BCUT2D eigenvalue weighted by atomic mass is 9.65. The summed E-state index contributed by atoms with van der Waals surface area (Å²) in [7, 11) is 0. The van der Waals surface area contributed by atoms with Crippen LogP contribution in [0.4, 0.5) is 0 Å². The van der Waals surface area contributed by atoms with Gasteiger partial charge in [-0.2, -0.15) is 0 Å². The van der Waals surface area contributed by atoms with Gasteiger partial charge in [0.25, 0.3) is 0 Å². The molecule has 3 fully saturated rings. The number of fused-ring (bicyclic) bond motifs is 1. The Hall–Kier alpha value is -1.80. The van der Waals surface area contributed by atoms with Crippen LogP contribution < -0.4 is 0 Å². The molecule has 0 aromatic carbocycles. The molecule has 3 heterocycles. The lowest BCUT2D eigenvalue weighted by molar-refractivity contribution is -0.147. The lowest BCUT2D eigenvalue weighted by Crippen LogP contribution is -2.60. The summed E-state index contributed by atoms with van der Waals surface area (Å²) in [6.45, 7) is 19.0. The first kappa shape index (κ1) is 28.8. The van der Waals surface area contributed by atoms with Gasteiger partial charge in [0.2, 0.25) is 17.7 Å². The normalized spacial score (nSPS) is 32.2. The average molecular weight is 520 g/mol. The Morgan fingerprint density at radius 3 is 2.42 bits per heavy atom. The van der Waals surface area contributed by atoms with Crippen LogP contribution in [0.15, 0.2) is 25.3 Å². The highest BCUT2D eigenvalue weighted by Crippen LogP contribution is 2.69. The molecule has 3 aliphatic rings. The van der Waals surface area contributed by atoms with Gasteiger partial charge in [0.05, 0.1) is 29.2 Å². The van der Waals surface area contributed by atoms with Crippen LogP contribution >= 0.6 is 11.8 Å². The molecule has 8 atom stereocenters. The average Bonchev–Trinajstić information content (AvgIpc) is 3.44. The topological polar surface area (TPSA) is 81.2 Å². The predicted octanol–water partition coefficient (Wildman–Crippen LogP) is 3.33. The first-order chi connectivity index (χ1) is 17.2. The summed E-state index contributed by atoms with van der Waals surface area (Å²) >= 11 is 1.69. The molecule has 36 heavy (non-hydrogen) atoms. The summed E-state index contributed by atoms with van der Waals surface area (Å²) in [6.07, 6.45) is 6.89. The summed E-state index contributed by atoms with van der Waals surface area (Å²) in [5.74, 6) is -1.18. The maximum atomic E-state index is 14.4. The molecule has 0 aliphatic carbocycles. The van der Waals surface area contributed by atoms with Crippen LogP contribution in [0.3, 0.4) is 0 Å². The van der Waals surface area contributed by atoms with Crippen LogP contribution in [0.5, 0.6) is 0 Å². The van der Waals surface area contributed by atoms with E-state index < -0.39 is 28.7 Å². The number of rotatable bonds is 13. The summed E-state index contributed by atoms with van der Waals surface area (Å²) in [6, 6.07) is -1.22. The van der Waals surface area contributed by atoms with Crippen LogP contribution in [-0.2, 0) is 14.4 Å². The quantitative estimate of drug-likeness (QED) is 0.378. The van der Waals surface area contributed by atoms with E-state index in [0.29, 0.717) is 19.6 Å². The molecule has 202 valence electrons. The van der Waals surface area contributed by atoms with E-state index in [1.807, 2.05) is 23.6 Å². The Bertz CT molecular complexity index is 866. The van der Waals surface area contributed by atoms with Gasteiger partial charge < -0.3 is 19.8 Å². The van der Waals surface area contributed by atoms with Crippen LogP contribution in [0.1, 0.15) is 60.3 Å². The van der Waals surface area contributed by atoms with Gasteiger partial charge in [-0.1, -0.05) is 39.3 Å². The van der Waals surface area contributed by atoms with Crippen molar-refractivity contribution in [2.75, 3.05) is 26.2 Å². The highest BCUT2D eigenvalue weighted by molar-refractivity contribution is 8.02. The second-order valence-corrected chi connectivity index (χ2v) is 12.4. The summed E-state index contributed by atoms with van der Waals surface area (Å²) in [4.78, 5) is 47.8. The third-order valence-electron chi connectivity index (χ3n) is 8.44. The maximum Gasteiger partial charge on any atom is 0.247 e. The highest BCUT2D eigenvalue weighted by Gasteiger charge is 2.76. The molecular weight excluding hydrogens is 474 g/mol. The minimum Gasteiger partial charge on any atom is -0.394 e. The fourth-order valence-electron chi connectivity index (χ4n) is 6.87. The number of thioether (sulfide) groups is 1. The first-order valence-corrected chi connectivity index (χ1v) is 14.5. The molecule has 3 amide bonds. The van der Waals surface area contributed by atoms with Gasteiger partial charge in [-0.25, -0.2) is 0 Å². The van der Waals surface area contributed by atoms with E-state index in [0.717, 1.165) is 25.7 Å². The number of likely N-dealkylation sites (tertiary alicyclic amines) is 1. The summed E-state index contributed by atoms with van der Waals surface area (Å²) in [5.41, 5.74) is 0. The summed E-state index contributed by atoms with van der Waals surface area (Å²) < 4.78 is -0.681. The minimum atomic E-state index is -0.710. The number of aliphatic hydroxyl groups is 1. The van der Waals surface area contributed by atoms with Gasteiger partial charge in [0.15, 0.2) is 0 Å². The van der Waals surface area contributed by atoms with E-state index in [2.05, 4.69) is 27.0 Å². The van der Waals surface area contributed by atoms with E-state index in [9.17, 15) is 19.5 Å². The number of nitrogens with zero attached hydrogens (tertiary/aromatic N) is 3. The molecule has 1 N–H and O–H groups in total. The lowest BCUT2D eigenvalue weighted by Gasteiger charge is -2.43. The molecule has 8 heteroatoms. The molecule has 4 unspecified atom stereocenters. The van der Waals surface area contributed by atoms with Crippen molar-refractivity contribution in [2.24, 2.45) is 17.8 Å². The number of carbonyl (C=O) groups excluding carboxylic acids is 3. The van der Waals surface area contributed by atoms with E-state index in [4.69, 9.17) is 0 Å². The molecule has 3 saturated heterocycles. The van der Waals surface area contributed by atoms with Crippen molar-refractivity contribution in [3.63, 3.8) is 0 Å². The van der Waals surface area contributed by atoms with Crippen molar-refractivity contribution in [3.8, 4) is 0 Å². The largest absolute Gasteiger partial charge is 0.394 e. The van der Waals surface area contributed by atoms with E-state index >= 15 is 0 Å². The van der Waals surface area contributed by atoms with Gasteiger partial charge in [-0.3, -0.25) is 14.4 Å². The molecule has 1 spiro atoms. The second kappa shape index (κ2) is 11.7. The Balaban J connectivity index is 2.11. The van der Waals surface area contributed by atoms with Gasteiger partial charge in [-0.15, -0.1) is 24.9 Å². The number of carbonyl (C=O) groups is 3. The molecule has 2 bridgehead atoms. The fraction of sp³-hybridized carbons (Fsp3) is 0.750. The Kier molecular flexibility index (Phi) is 9.36. The van der Waals surface area contributed by atoms with Crippen molar-refractivity contribution in [1.82, 2.24) is 14.7 Å². The molecule has 0 aromatic heterocycles. The Morgan fingerprint density at radius 2 is 1.86 bits per heavy atom. The Morgan fingerprint density at radius 1 is 1.19 bits per heavy atom. The molecule has 7 nitrogen and oxygen atoms in total. The zero-order valence-electron chi connectivity index (χ0n) is 22.7. The number of aliphatic hydroxyl groups excluding tert-OH is 1. The van der Waals surface area contributed by atoms with Crippen molar-refractivity contribution in [1.29, 1.82) is 0 Å². The second-order valence-electron chi connectivity index (χ2n) is 10.8. The third kappa shape index (κ3) is 4.53. The van der Waals surface area contributed by atoms with Crippen molar-refractivity contribution in [2.45, 2.75) is 88.4 Å². The van der Waals surface area contributed by atoms with Crippen molar-refractivity contribution >= 4 is 29.5 Å². The monoisotopic (exact) mass is 519 g/mol. The molecule has 3 aliphatic heterocycles. The highest BCUT2D eigenvalue weighted by atomic mass is 32.2. The van der Waals surface area contributed by atoms with Crippen molar-refractivity contribution in [3.05, 3.63) is 25.3 Å². The van der Waals surface area contributed by atoms with Crippen LogP contribution in [0, 0.1) is 17.8 Å².